The SMILES string of the molecule is Cc1cc2c3c(c1)N(c1ccc(C(C)(C)C)cc1-c1ccccc1)c1cc(N4c5ccc(N(c6ccc(C(C)(C)C)cc6)c6ccc(C(C)(C)C)cc6)cc5C5(C)CCCCC45C)ccc1B3c1cc3c(cc1N2c1ccc2c(c1)CC(C)(C)C2)CC(C)(C)C3. The average Bonchev–Trinajstić information content (AvgIpc) is 1.21. The zero-order valence-corrected chi connectivity index (χ0v) is 56.8. The van der Waals surface area contributed by atoms with Crippen LogP contribution in [0.3, 0.4) is 0 Å². The number of benzene rings is 9. The standard InChI is InChI=1S/C85H93BN4/c1-54-42-76-78-77(43-54)89(72-38-29-62(81(8,9)10)47-68(72)55-22-18-17-19-23-55)75-49-67(35-37-70(75)86(78)71-45-58-52-83(13,14)53-59(58)46-74(71)88(76)65-30-24-56-50-82(11,12)51-57(56)44-65)90-73-39-36-66(48-69(73)84(15)40-20-21-41-85(84,90)16)87(63-31-25-60(26-32-63)79(2,3)4)64-33-27-61(28-34-64)80(5,6)7/h17-19,22-39,42-49H,20-21,40-41,50-53H2,1-16H3. The number of rotatable bonds is 7. The number of aryl methyl sites for hydroxylation is 1. The highest BCUT2D eigenvalue weighted by atomic mass is 15.3. The molecule has 9 aromatic carbocycles. The quantitative estimate of drug-likeness (QED) is 0.147. The summed E-state index contributed by atoms with van der Waals surface area (Å²) in [6.07, 6.45) is 9.02. The van der Waals surface area contributed by atoms with Gasteiger partial charge in [0.2, 0.25) is 0 Å². The molecule has 0 bridgehead atoms. The third-order valence-electron chi connectivity index (χ3n) is 22.4. The molecule has 3 aliphatic heterocycles. The van der Waals surface area contributed by atoms with Gasteiger partial charge < -0.3 is 19.6 Å². The van der Waals surface area contributed by atoms with Crippen molar-refractivity contribution < 1.29 is 0 Å². The van der Waals surface area contributed by atoms with E-state index in [-0.39, 0.29) is 44.7 Å². The number of hydrogen-bond acceptors (Lipinski definition) is 4. The minimum Gasteiger partial charge on any atom is -0.334 e. The molecule has 3 aliphatic carbocycles. The van der Waals surface area contributed by atoms with E-state index >= 15 is 0 Å². The second-order valence-corrected chi connectivity index (χ2v) is 33.4. The van der Waals surface area contributed by atoms with Crippen molar-refractivity contribution in [3.8, 4) is 11.1 Å². The molecule has 15 rings (SSSR count). The monoisotopic (exact) mass is 1180 g/mol. The molecule has 0 aromatic heterocycles. The molecule has 2 unspecified atom stereocenters. The lowest BCUT2D eigenvalue weighted by molar-refractivity contribution is 0.195. The van der Waals surface area contributed by atoms with Crippen molar-refractivity contribution >= 4 is 85.7 Å². The molecule has 0 N–H and O–H groups in total. The molecule has 0 saturated heterocycles. The van der Waals surface area contributed by atoms with Gasteiger partial charge in [0.15, 0.2) is 0 Å². The third kappa shape index (κ3) is 9.34. The molecule has 0 amide bonds. The van der Waals surface area contributed by atoms with Crippen LogP contribution in [0.25, 0.3) is 11.1 Å². The van der Waals surface area contributed by atoms with Crippen LogP contribution in [0.1, 0.15) is 180 Å². The van der Waals surface area contributed by atoms with Gasteiger partial charge in [0.1, 0.15) is 0 Å². The Labute approximate surface area is 539 Å². The smallest absolute Gasteiger partial charge is 0.252 e. The van der Waals surface area contributed by atoms with E-state index in [4.69, 9.17) is 0 Å². The van der Waals surface area contributed by atoms with Gasteiger partial charge in [0, 0.05) is 67.9 Å². The van der Waals surface area contributed by atoms with Gasteiger partial charge in [-0.2, -0.15) is 0 Å². The van der Waals surface area contributed by atoms with Gasteiger partial charge >= 0.3 is 0 Å². The van der Waals surface area contributed by atoms with E-state index < -0.39 is 0 Å². The summed E-state index contributed by atoms with van der Waals surface area (Å²) in [5.41, 5.74) is 33.3. The first kappa shape index (κ1) is 58.6. The lowest BCUT2D eigenvalue weighted by atomic mass is 9.33. The Balaban J connectivity index is 0.964. The van der Waals surface area contributed by atoms with Gasteiger partial charge in [-0.3, -0.25) is 0 Å². The van der Waals surface area contributed by atoms with E-state index in [2.05, 4.69) is 306 Å². The fourth-order valence-electron chi connectivity index (χ4n) is 17.5. The van der Waals surface area contributed by atoms with Crippen LogP contribution < -0.4 is 36.0 Å². The molecule has 6 aliphatic rings. The van der Waals surface area contributed by atoms with Gasteiger partial charge in [-0.05, 0) is 249 Å². The zero-order chi connectivity index (χ0) is 63.0. The number of anilines is 11. The van der Waals surface area contributed by atoms with Crippen LogP contribution in [-0.4, -0.2) is 12.3 Å². The molecule has 90 heavy (non-hydrogen) atoms. The highest BCUT2D eigenvalue weighted by molar-refractivity contribution is 7.00. The maximum absolute atomic E-state index is 2.82. The van der Waals surface area contributed by atoms with Crippen molar-refractivity contribution in [2.24, 2.45) is 10.8 Å². The van der Waals surface area contributed by atoms with Crippen molar-refractivity contribution in [3.63, 3.8) is 0 Å². The zero-order valence-electron chi connectivity index (χ0n) is 56.8. The van der Waals surface area contributed by atoms with E-state index in [9.17, 15) is 0 Å². The van der Waals surface area contributed by atoms with Crippen molar-refractivity contribution in [2.75, 3.05) is 19.6 Å². The maximum Gasteiger partial charge on any atom is 0.252 e. The molecule has 3 heterocycles. The van der Waals surface area contributed by atoms with E-state index in [1.54, 1.807) is 0 Å². The minimum atomic E-state index is -0.199. The Bertz CT molecular complexity index is 4320. The van der Waals surface area contributed by atoms with Crippen LogP contribution in [0.2, 0.25) is 0 Å². The van der Waals surface area contributed by atoms with Gasteiger partial charge in [-0.15, -0.1) is 0 Å². The summed E-state index contributed by atoms with van der Waals surface area (Å²) in [7, 11) is 0. The summed E-state index contributed by atoms with van der Waals surface area (Å²) in [5.74, 6) is 0. The Morgan fingerprint density at radius 1 is 0.411 bits per heavy atom. The van der Waals surface area contributed by atoms with Crippen LogP contribution in [0.5, 0.6) is 0 Å². The predicted molar refractivity (Wildman–Crippen MR) is 387 cm³/mol. The first-order valence-corrected chi connectivity index (χ1v) is 33.9. The van der Waals surface area contributed by atoms with E-state index in [1.807, 2.05) is 0 Å². The highest BCUT2D eigenvalue weighted by Crippen LogP contribution is 2.62. The van der Waals surface area contributed by atoms with Crippen LogP contribution in [-0.2, 0) is 47.3 Å². The number of hydrogen-bond donors (Lipinski definition) is 0. The highest BCUT2D eigenvalue weighted by Gasteiger charge is 2.58. The molecule has 4 nitrogen and oxygen atoms in total. The van der Waals surface area contributed by atoms with Gasteiger partial charge in [-0.1, -0.05) is 189 Å². The molecule has 1 saturated carbocycles. The maximum atomic E-state index is 2.82. The Kier molecular flexibility index (Phi) is 13.1. The predicted octanol–water partition coefficient (Wildman–Crippen LogP) is 21.1. The van der Waals surface area contributed by atoms with Crippen molar-refractivity contribution in [2.45, 2.75) is 189 Å². The van der Waals surface area contributed by atoms with Crippen molar-refractivity contribution in [1.29, 1.82) is 0 Å². The second kappa shape index (κ2) is 20.1. The average molecular weight is 1180 g/mol. The van der Waals surface area contributed by atoms with Crippen LogP contribution >= 0.6 is 0 Å². The molecule has 2 atom stereocenters. The Morgan fingerprint density at radius 3 is 1.58 bits per heavy atom. The van der Waals surface area contributed by atoms with E-state index in [0.29, 0.717) is 0 Å². The molecule has 0 spiro atoms. The summed E-state index contributed by atoms with van der Waals surface area (Å²) >= 11 is 0. The van der Waals surface area contributed by atoms with Crippen molar-refractivity contribution in [1.82, 2.24) is 0 Å². The Morgan fingerprint density at radius 2 is 0.944 bits per heavy atom. The number of nitrogens with zero attached hydrogens (tertiary/aromatic N) is 4. The molecular formula is C85H93BN4. The largest absolute Gasteiger partial charge is 0.334 e. The molecule has 1 fully saturated rings. The molecule has 0 radical (unpaired) electrons. The van der Waals surface area contributed by atoms with Gasteiger partial charge in [0.05, 0.1) is 11.2 Å². The fourth-order valence-corrected chi connectivity index (χ4v) is 17.5. The topological polar surface area (TPSA) is 13.0 Å². The fraction of sp³-hybridized carbons (Fsp3) is 0.365. The van der Waals surface area contributed by atoms with Crippen LogP contribution in [0.15, 0.2) is 176 Å². The Hall–Kier alpha value is -7.76. The van der Waals surface area contributed by atoms with E-state index in [1.165, 1.54) is 153 Å². The molecule has 456 valence electrons. The molecule has 9 aromatic rings. The van der Waals surface area contributed by atoms with Gasteiger partial charge in [0.25, 0.3) is 6.71 Å². The van der Waals surface area contributed by atoms with E-state index in [0.717, 1.165) is 38.5 Å². The second-order valence-electron chi connectivity index (χ2n) is 33.4. The lowest BCUT2D eigenvalue weighted by Gasteiger charge is -2.50. The summed E-state index contributed by atoms with van der Waals surface area (Å²) in [5, 5.41) is 0. The molecule has 5 heteroatoms. The minimum absolute atomic E-state index is 0.00316. The normalized spacial score (nSPS) is 20.0. The van der Waals surface area contributed by atoms with Crippen LogP contribution in [0, 0.1) is 17.8 Å². The van der Waals surface area contributed by atoms with Crippen LogP contribution in [0.4, 0.5) is 62.6 Å². The summed E-state index contributed by atoms with van der Waals surface area (Å²) in [4.78, 5) is 10.7. The first-order valence-electron chi connectivity index (χ1n) is 33.9. The third-order valence-corrected chi connectivity index (χ3v) is 22.4. The summed E-state index contributed by atoms with van der Waals surface area (Å²) < 4.78 is 0. The summed E-state index contributed by atoms with van der Waals surface area (Å²) in [6.45, 7) is 38.3. The van der Waals surface area contributed by atoms with Gasteiger partial charge in [-0.25, -0.2) is 0 Å². The van der Waals surface area contributed by atoms with Crippen molar-refractivity contribution in [3.05, 3.63) is 226 Å². The summed E-state index contributed by atoms with van der Waals surface area (Å²) in [6, 6.07) is 70.4. The molecular weight excluding hydrogens is 1090 g/mol. The first-order chi connectivity index (χ1) is 42.6. The number of fused-ring (bicyclic) bond motifs is 9. The lowest BCUT2D eigenvalue weighted by Crippen LogP contribution is -2.61.